The maximum absolute atomic E-state index is 13.7. The summed E-state index contributed by atoms with van der Waals surface area (Å²) in [4.78, 5) is 38.3. The van der Waals surface area contributed by atoms with E-state index in [-0.39, 0.29) is 31.1 Å². The highest BCUT2D eigenvalue weighted by Crippen LogP contribution is 2.34. The monoisotopic (exact) mass is 464 g/mol. The van der Waals surface area contributed by atoms with Crippen molar-refractivity contribution in [3.63, 3.8) is 0 Å². The molecule has 176 valence electrons. The first-order valence-electron chi connectivity index (χ1n) is 9.71. The second-order valence-corrected chi connectivity index (χ2v) is 7.49. The number of anilines is 2. The summed E-state index contributed by atoms with van der Waals surface area (Å²) in [7, 11) is 0. The molecule has 0 spiro atoms. The van der Waals surface area contributed by atoms with Crippen LogP contribution in [0.1, 0.15) is 24.8 Å². The van der Waals surface area contributed by atoms with Gasteiger partial charge in [0, 0.05) is 23.8 Å². The van der Waals surface area contributed by atoms with Crippen LogP contribution in [0.25, 0.3) is 0 Å². The van der Waals surface area contributed by atoms with Crippen LogP contribution in [-0.2, 0) is 19.1 Å². The molecule has 3 N–H and O–H groups in total. The van der Waals surface area contributed by atoms with Gasteiger partial charge in [-0.1, -0.05) is 0 Å². The van der Waals surface area contributed by atoms with Gasteiger partial charge in [-0.25, -0.2) is 8.78 Å². The molecule has 0 unspecified atom stereocenters. The number of hydrogen-bond acceptors (Lipinski definition) is 5. The first kappa shape index (κ1) is 23.9. The molecular formula is C19H21F5N4O4. The Labute approximate surface area is 179 Å². The molecule has 1 aliphatic heterocycles. The number of rotatable bonds is 8. The maximum Gasteiger partial charge on any atom is 0.401 e. The fraction of sp³-hybridized carbons (Fsp3) is 0.526. The van der Waals surface area contributed by atoms with Gasteiger partial charge in [-0.2, -0.15) is 13.2 Å². The molecule has 2 fully saturated rings. The second-order valence-electron chi connectivity index (χ2n) is 7.49. The quantitative estimate of drug-likeness (QED) is 0.451. The highest BCUT2D eigenvalue weighted by Gasteiger charge is 2.45. The minimum atomic E-state index is -4.67. The number of morpholine rings is 1. The Morgan fingerprint density at radius 3 is 2.50 bits per heavy atom. The van der Waals surface area contributed by atoms with Gasteiger partial charge in [0.1, 0.15) is 6.61 Å². The van der Waals surface area contributed by atoms with Crippen molar-refractivity contribution >= 4 is 29.1 Å². The van der Waals surface area contributed by atoms with Crippen molar-refractivity contribution in [1.82, 2.24) is 4.90 Å². The van der Waals surface area contributed by atoms with E-state index in [0.29, 0.717) is 17.7 Å². The lowest BCUT2D eigenvalue weighted by Crippen LogP contribution is -2.55. The van der Waals surface area contributed by atoms with Crippen LogP contribution >= 0.6 is 0 Å². The summed E-state index contributed by atoms with van der Waals surface area (Å²) in [6.07, 6.45) is -6.96. The van der Waals surface area contributed by atoms with E-state index >= 15 is 0 Å². The molecule has 13 heteroatoms. The zero-order valence-electron chi connectivity index (χ0n) is 16.7. The van der Waals surface area contributed by atoms with Crippen molar-refractivity contribution in [3.05, 3.63) is 23.8 Å². The van der Waals surface area contributed by atoms with Crippen LogP contribution in [0.5, 0.6) is 0 Å². The van der Waals surface area contributed by atoms with Crippen molar-refractivity contribution < 1.29 is 41.1 Å². The molecule has 0 radical (unpaired) electrons. The molecule has 0 aromatic heterocycles. The Bertz CT molecular complexity index is 891. The number of nitrogens with two attached hydrogens (primary N) is 1. The number of halogens is 5. The van der Waals surface area contributed by atoms with Crippen LogP contribution in [0.3, 0.4) is 0 Å². The highest BCUT2D eigenvalue weighted by molar-refractivity contribution is 6.09. The van der Waals surface area contributed by atoms with Gasteiger partial charge in [-0.15, -0.1) is 0 Å². The molecule has 3 rings (SSSR count). The highest BCUT2D eigenvalue weighted by atomic mass is 19.4. The lowest BCUT2D eigenvalue weighted by atomic mass is 10.1. The van der Waals surface area contributed by atoms with Gasteiger partial charge in [0.05, 0.1) is 18.8 Å². The number of carbonyl (C=O) groups is 3. The largest absolute Gasteiger partial charge is 0.401 e. The van der Waals surface area contributed by atoms with Gasteiger partial charge in [0.25, 0.3) is 18.2 Å². The summed E-state index contributed by atoms with van der Waals surface area (Å²) >= 11 is 0. The maximum atomic E-state index is 13.7. The Hall–Kier alpha value is -2.80. The van der Waals surface area contributed by atoms with Crippen molar-refractivity contribution in [2.24, 2.45) is 5.73 Å². The van der Waals surface area contributed by atoms with Crippen LogP contribution in [0.4, 0.5) is 33.3 Å². The number of benzene rings is 1. The normalized spacial score (nSPS) is 18.2. The van der Waals surface area contributed by atoms with Gasteiger partial charge < -0.3 is 20.7 Å². The van der Waals surface area contributed by atoms with Gasteiger partial charge in [-0.3, -0.25) is 19.3 Å². The van der Waals surface area contributed by atoms with Gasteiger partial charge >= 0.3 is 6.18 Å². The van der Waals surface area contributed by atoms with Crippen molar-refractivity contribution in [2.45, 2.75) is 37.5 Å². The Morgan fingerprint density at radius 1 is 1.28 bits per heavy atom. The van der Waals surface area contributed by atoms with E-state index in [1.54, 1.807) is 0 Å². The predicted molar refractivity (Wildman–Crippen MR) is 102 cm³/mol. The van der Waals surface area contributed by atoms with Crippen LogP contribution in [0.15, 0.2) is 18.2 Å². The Kier molecular flexibility index (Phi) is 6.98. The number of ether oxygens (including phenoxy) is 1. The zero-order valence-corrected chi connectivity index (χ0v) is 16.7. The Balaban J connectivity index is 1.84. The average Bonchev–Trinajstić information content (AvgIpc) is 3.52. The van der Waals surface area contributed by atoms with E-state index in [1.807, 2.05) is 0 Å². The van der Waals surface area contributed by atoms with E-state index < -0.39 is 54.5 Å². The second kappa shape index (κ2) is 9.36. The number of nitrogens with zero attached hydrogens (tertiary/aromatic N) is 2. The molecule has 3 amide bonds. The fourth-order valence-electron chi connectivity index (χ4n) is 3.52. The predicted octanol–water partition coefficient (Wildman–Crippen LogP) is 1.81. The van der Waals surface area contributed by atoms with Gasteiger partial charge in [-0.05, 0) is 31.0 Å². The summed E-state index contributed by atoms with van der Waals surface area (Å²) in [6.45, 7) is -1.57. The molecule has 0 bridgehead atoms. The molecular weight excluding hydrogens is 443 g/mol. The summed E-state index contributed by atoms with van der Waals surface area (Å²) in [5.74, 6) is -2.97. The average molecular weight is 464 g/mol. The lowest BCUT2D eigenvalue weighted by molar-refractivity contribution is -0.158. The van der Waals surface area contributed by atoms with E-state index in [4.69, 9.17) is 10.5 Å². The standard InChI is InChI=1S/C19H21F5N4O4/c20-16(21)12-7-10(1-4-13(12)27-5-6-32-8-14(27)29)26-18(31)15(17(25)30)28(11-2-3-11)9-19(22,23)24/h1,4,7,11,15-16H,2-3,5-6,8-9H2,(H2,25,30)(H,26,31)/t15-/m0/s1. The van der Waals surface area contributed by atoms with E-state index in [9.17, 15) is 36.3 Å². The number of carbonyl (C=O) groups excluding carboxylic acids is 3. The molecule has 1 atom stereocenters. The molecule has 2 aliphatic rings. The molecule has 8 nitrogen and oxygen atoms in total. The Morgan fingerprint density at radius 2 is 1.97 bits per heavy atom. The van der Waals surface area contributed by atoms with Crippen LogP contribution in [0, 0.1) is 0 Å². The smallest absolute Gasteiger partial charge is 0.370 e. The van der Waals surface area contributed by atoms with Crippen LogP contribution in [-0.4, -0.2) is 67.2 Å². The molecule has 1 saturated heterocycles. The van der Waals surface area contributed by atoms with Crippen LogP contribution < -0.4 is 16.0 Å². The summed E-state index contributed by atoms with van der Waals surface area (Å²) in [6, 6.07) is 0.745. The minimum absolute atomic E-state index is 0.0573. The number of alkyl halides is 5. The molecule has 1 saturated carbocycles. The van der Waals surface area contributed by atoms with Crippen molar-refractivity contribution in [3.8, 4) is 0 Å². The molecule has 1 heterocycles. The first-order chi connectivity index (χ1) is 15.0. The zero-order chi connectivity index (χ0) is 23.6. The van der Waals surface area contributed by atoms with Crippen LogP contribution in [0.2, 0.25) is 0 Å². The van der Waals surface area contributed by atoms with Gasteiger partial charge in [0.15, 0.2) is 6.04 Å². The van der Waals surface area contributed by atoms with Crippen molar-refractivity contribution in [1.29, 1.82) is 0 Å². The van der Waals surface area contributed by atoms with E-state index in [0.717, 1.165) is 11.0 Å². The minimum Gasteiger partial charge on any atom is -0.370 e. The number of nitrogens with one attached hydrogen (secondary N) is 1. The summed E-state index contributed by atoms with van der Waals surface area (Å²) < 4.78 is 71.1. The lowest BCUT2D eigenvalue weighted by Gasteiger charge is -2.30. The van der Waals surface area contributed by atoms with E-state index in [2.05, 4.69) is 5.32 Å². The third-order valence-corrected chi connectivity index (χ3v) is 5.03. The molecule has 32 heavy (non-hydrogen) atoms. The third-order valence-electron chi connectivity index (χ3n) is 5.03. The first-order valence-corrected chi connectivity index (χ1v) is 9.71. The number of primary amides is 1. The number of hydrogen-bond donors (Lipinski definition) is 2. The third kappa shape index (κ3) is 5.71. The van der Waals surface area contributed by atoms with E-state index in [1.165, 1.54) is 12.1 Å². The van der Waals surface area contributed by atoms with Crippen molar-refractivity contribution in [2.75, 3.05) is 36.5 Å². The van der Waals surface area contributed by atoms with Gasteiger partial charge in [0.2, 0.25) is 5.91 Å². The number of amides is 3. The SMILES string of the molecule is NC(=O)[C@@H](C(=O)Nc1ccc(N2CCOCC2=O)c(C(F)F)c1)N(CC(F)(F)F)C1CC1. The topological polar surface area (TPSA) is 105 Å². The summed E-state index contributed by atoms with van der Waals surface area (Å²) in [5.41, 5.74) is 4.39. The molecule has 1 aromatic carbocycles. The molecule has 1 aliphatic carbocycles. The summed E-state index contributed by atoms with van der Waals surface area (Å²) in [5, 5.41) is 2.20. The fourth-order valence-corrected chi connectivity index (χ4v) is 3.52. The molecule has 1 aromatic rings.